The third-order valence-corrected chi connectivity index (χ3v) is 2.53. The summed E-state index contributed by atoms with van der Waals surface area (Å²) in [7, 11) is 1.90. The van der Waals surface area contributed by atoms with E-state index in [1.165, 1.54) is 0 Å². The summed E-state index contributed by atoms with van der Waals surface area (Å²) in [6, 6.07) is 0.0463. The van der Waals surface area contributed by atoms with E-state index in [1.807, 2.05) is 27.1 Å². The van der Waals surface area contributed by atoms with E-state index >= 15 is 0 Å². The molecule has 14 heavy (non-hydrogen) atoms. The molecule has 2 atom stereocenters. The molecule has 4 nitrogen and oxygen atoms in total. The molecule has 0 saturated heterocycles. The van der Waals surface area contributed by atoms with Gasteiger partial charge in [-0.15, -0.1) is 0 Å². The number of aliphatic hydroxyl groups excluding tert-OH is 1. The van der Waals surface area contributed by atoms with Crippen molar-refractivity contribution >= 4 is 0 Å². The number of aliphatic hydroxyl groups is 1. The van der Waals surface area contributed by atoms with Gasteiger partial charge in [-0.25, -0.2) is 0 Å². The summed E-state index contributed by atoms with van der Waals surface area (Å²) in [5, 5.41) is 13.2. The topological polar surface area (TPSA) is 64.1 Å². The van der Waals surface area contributed by atoms with Gasteiger partial charge in [0.2, 0.25) is 0 Å². The van der Waals surface area contributed by atoms with Crippen LogP contribution in [0.5, 0.6) is 0 Å². The van der Waals surface area contributed by atoms with E-state index in [1.54, 1.807) is 4.68 Å². The number of nitrogens with two attached hydrogens (primary N) is 1. The first-order valence-electron chi connectivity index (χ1n) is 4.92. The summed E-state index contributed by atoms with van der Waals surface area (Å²) in [4.78, 5) is 0. The van der Waals surface area contributed by atoms with Gasteiger partial charge in [0, 0.05) is 31.8 Å². The Morgan fingerprint density at radius 3 is 2.64 bits per heavy atom. The van der Waals surface area contributed by atoms with E-state index in [2.05, 4.69) is 5.10 Å². The van der Waals surface area contributed by atoms with Crippen molar-refractivity contribution < 1.29 is 5.11 Å². The summed E-state index contributed by atoms with van der Waals surface area (Å²) in [6.45, 7) is 4.11. The molecule has 0 fully saturated rings. The first kappa shape index (κ1) is 11.2. The van der Waals surface area contributed by atoms with E-state index in [0.29, 0.717) is 6.42 Å². The van der Waals surface area contributed by atoms with Gasteiger partial charge >= 0.3 is 0 Å². The first-order chi connectivity index (χ1) is 6.56. The summed E-state index contributed by atoms with van der Waals surface area (Å²) in [6.07, 6.45) is 2.68. The van der Waals surface area contributed by atoms with Crippen LogP contribution in [0.4, 0.5) is 0 Å². The third kappa shape index (κ3) is 2.33. The summed E-state index contributed by atoms with van der Waals surface area (Å²) in [5.74, 6) is 0.202. The van der Waals surface area contributed by atoms with Crippen molar-refractivity contribution in [1.29, 1.82) is 0 Å². The van der Waals surface area contributed by atoms with Crippen LogP contribution < -0.4 is 5.73 Å². The number of aryl methyl sites for hydroxylation is 2. The quantitative estimate of drug-likeness (QED) is 0.740. The van der Waals surface area contributed by atoms with Crippen LogP contribution in [0.25, 0.3) is 0 Å². The molecule has 1 aromatic heterocycles. The lowest BCUT2D eigenvalue weighted by Gasteiger charge is -2.18. The monoisotopic (exact) mass is 197 g/mol. The molecule has 3 N–H and O–H groups in total. The predicted octanol–water partition coefficient (Wildman–Crippen LogP) is 0.542. The molecule has 0 amide bonds. The van der Waals surface area contributed by atoms with E-state index in [0.717, 1.165) is 11.3 Å². The fraction of sp³-hybridized carbons (Fsp3) is 0.700. The highest BCUT2D eigenvalue weighted by molar-refractivity contribution is 5.22. The average Bonchev–Trinajstić information content (AvgIpc) is 2.40. The van der Waals surface area contributed by atoms with E-state index < -0.39 is 0 Å². The van der Waals surface area contributed by atoms with Gasteiger partial charge in [-0.1, -0.05) is 0 Å². The molecule has 0 aliphatic heterocycles. The Morgan fingerprint density at radius 2 is 2.29 bits per heavy atom. The lowest BCUT2D eigenvalue weighted by atomic mass is 9.91. The number of hydrogen-bond donors (Lipinski definition) is 2. The Kier molecular flexibility index (Phi) is 3.66. The summed E-state index contributed by atoms with van der Waals surface area (Å²) < 4.78 is 1.79. The van der Waals surface area contributed by atoms with Gasteiger partial charge < -0.3 is 10.8 Å². The van der Waals surface area contributed by atoms with Crippen LogP contribution in [0.3, 0.4) is 0 Å². The highest BCUT2D eigenvalue weighted by Gasteiger charge is 2.19. The maximum absolute atomic E-state index is 8.96. The van der Waals surface area contributed by atoms with Crippen molar-refractivity contribution in [2.75, 3.05) is 6.61 Å². The third-order valence-electron chi connectivity index (χ3n) is 2.53. The molecule has 1 rings (SSSR count). The minimum absolute atomic E-state index is 0.0463. The average molecular weight is 197 g/mol. The molecule has 1 heterocycles. The van der Waals surface area contributed by atoms with Crippen LogP contribution in [-0.2, 0) is 7.05 Å². The second-order valence-corrected chi connectivity index (χ2v) is 3.82. The highest BCUT2D eigenvalue weighted by atomic mass is 16.3. The standard InChI is InChI=1S/C10H19N3O/c1-7(11)9(4-5-14)10-6-13(3)12-8(10)2/h6-7,9,14H,4-5,11H2,1-3H3. The SMILES string of the molecule is Cc1nn(C)cc1C(CCO)C(C)N. The maximum atomic E-state index is 8.96. The zero-order chi connectivity index (χ0) is 10.7. The summed E-state index contributed by atoms with van der Waals surface area (Å²) in [5.41, 5.74) is 8.04. The number of rotatable bonds is 4. The van der Waals surface area contributed by atoms with Crippen molar-refractivity contribution in [2.24, 2.45) is 12.8 Å². The predicted molar refractivity (Wildman–Crippen MR) is 56.0 cm³/mol. The second-order valence-electron chi connectivity index (χ2n) is 3.82. The van der Waals surface area contributed by atoms with Gasteiger partial charge in [0.05, 0.1) is 5.69 Å². The van der Waals surface area contributed by atoms with Crippen LogP contribution in [-0.4, -0.2) is 27.5 Å². The van der Waals surface area contributed by atoms with Gasteiger partial charge in [-0.3, -0.25) is 4.68 Å². The zero-order valence-corrected chi connectivity index (χ0v) is 9.07. The first-order valence-corrected chi connectivity index (χ1v) is 4.92. The van der Waals surface area contributed by atoms with E-state index in [-0.39, 0.29) is 18.6 Å². The van der Waals surface area contributed by atoms with Crippen LogP contribution in [0.15, 0.2) is 6.20 Å². The minimum atomic E-state index is 0.0463. The molecule has 0 spiro atoms. The Morgan fingerprint density at radius 1 is 1.64 bits per heavy atom. The largest absolute Gasteiger partial charge is 0.396 e. The fourth-order valence-corrected chi connectivity index (χ4v) is 1.82. The molecule has 4 heteroatoms. The Labute approximate surface area is 84.7 Å². The second kappa shape index (κ2) is 4.57. The van der Waals surface area contributed by atoms with Gasteiger partial charge in [-0.05, 0) is 25.8 Å². The van der Waals surface area contributed by atoms with E-state index in [9.17, 15) is 0 Å². The maximum Gasteiger partial charge on any atom is 0.0628 e. The van der Waals surface area contributed by atoms with Gasteiger partial charge in [0.1, 0.15) is 0 Å². The van der Waals surface area contributed by atoms with Crippen molar-refractivity contribution in [2.45, 2.75) is 32.2 Å². The number of hydrogen-bond acceptors (Lipinski definition) is 3. The van der Waals surface area contributed by atoms with Gasteiger partial charge in [0.25, 0.3) is 0 Å². The normalized spacial score (nSPS) is 15.5. The molecule has 1 aromatic rings. The molecular formula is C10H19N3O. The molecule has 2 unspecified atom stereocenters. The smallest absolute Gasteiger partial charge is 0.0628 e. The van der Waals surface area contributed by atoms with Crippen molar-refractivity contribution in [1.82, 2.24) is 9.78 Å². The molecule has 0 aliphatic carbocycles. The Hall–Kier alpha value is -0.870. The lowest BCUT2D eigenvalue weighted by molar-refractivity contribution is 0.269. The van der Waals surface area contributed by atoms with Crippen molar-refractivity contribution in [3.8, 4) is 0 Å². The van der Waals surface area contributed by atoms with Crippen molar-refractivity contribution in [3.05, 3.63) is 17.5 Å². The lowest BCUT2D eigenvalue weighted by Crippen LogP contribution is -2.25. The summed E-state index contributed by atoms with van der Waals surface area (Å²) >= 11 is 0. The van der Waals surface area contributed by atoms with Gasteiger partial charge in [0.15, 0.2) is 0 Å². The highest BCUT2D eigenvalue weighted by Crippen LogP contribution is 2.24. The molecule has 0 radical (unpaired) electrons. The molecule has 0 saturated carbocycles. The number of aromatic nitrogens is 2. The molecule has 0 bridgehead atoms. The van der Waals surface area contributed by atoms with Crippen LogP contribution in [0.1, 0.15) is 30.5 Å². The van der Waals surface area contributed by atoms with Crippen molar-refractivity contribution in [3.63, 3.8) is 0 Å². The van der Waals surface area contributed by atoms with Crippen LogP contribution in [0.2, 0.25) is 0 Å². The Balaban J connectivity index is 2.92. The Bertz CT molecular complexity index is 294. The van der Waals surface area contributed by atoms with Gasteiger partial charge in [-0.2, -0.15) is 5.10 Å². The minimum Gasteiger partial charge on any atom is -0.396 e. The molecule has 80 valence electrons. The number of nitrogens with zero attached hydrogens (tertiary/aromatic N) is 2. The molecule has 0 aliphatic rings. The van der Waals surface area contributed by atoms with Crippen LogP contribution in [0, 0.1) is 6.92 Å². The van der Waals surface area contributed by atoms with Crippen LogP contribution >= 0.6 is 0 Å². The molecule has 0 aromatic carbocycles. The molecular weight excluding hydrogens is 178 g/mol. The fourth-order valence-electron chi connectivity index (χ4n) is 1.82. The van der Waals surface area contributed by atoms with E-state index in [4.69, 9.17) is 10.8 Å². The zero-order valence-electron chi connectivity index (χ0n) is 9.07.